The van der Waals surface area contributed by atoms with Crippen molar-refractivity contribution in [2.45, 2.75) is 26.9 Å². The number of carbonyl (C=O) groups excluding carboxylic acids is 3. The summed E-state index contributed by atoms with van der Waals surface area (Å²) in [6, 6.07) is 11.7. The molecule has 0 fully saturated rings. The molecule has 0 bridgehead atoms. The first-order chi connectivity index (χ1) is 14.3. The number of para-hydroxylation sites is 1. The Bertz CT molecular complexity index is 883. The molecule has 0 spiro atoms. The van der Waals surface area contributed by atoms with E-state index in [1.54, 1.807) is 24.3 Å². The fourth-order valence-corrected chi connectivity index (χ4v) is 2.39. The van der Waals surface area contributed by atoms with Crippen LogP contribution in [0.2, 0.25) is 0 Å². The number of nitrogens with one attached hydrogen (secondary N) is 2. The number of hydrogen-bond donors (Lipinski definition) is 2. The SMILES string of the molecule is CC(C)CNC(=O)c1ccccc1NC(=O)COC(=O)[C@H](C)Oc1ccc(F)cc1. The fraction of sp³-hybridized carbons (Fsp3) is 0.318. The first-order valence-corrected chi connectivity index (χ1v) is 9.52. The van der Waals surface area contributed by atoms with Gasteiger partial charge in [-0.25, -0.2) is 9.18 Å². The Hall–Kier alpha value is -3.42. The molecule has 2 aromatic rings. The van der Waals surface area contributed by atoms with Crippen LogP contribution in [0.5, 0.6) is 5.75 Å². The van der Waals surface area contributed by atoms with Gasteiger partial charge in [-0.05, 0) is 49.2 Å². The number of anilines is 1. The van der Waals surface area contributed by atoms with Gasteiger partial charge in [0.05, 0.1) is 11.3 Å². The molecule has 0 aliphatic heterocycles. The maximum atomic E-state index is 12.9. The molecule has 0 saturated carbocycles. The maximum absolute atomic E-state index is 12.9. The predicted molar refractivity (Wildman–Crippen MR) is 110 cm³/mol. The number of esters is 1. The monoisotopic (exact) mass is 416 g/mol. The van der Waals surface area contributed by atoms with Gasteiger partial charge >= 0.3 is 5.97 Å². The van der Waals surface area contributed by atoms with Crippen LogP contribution in [0.1, 0.15) is 31.1 Å². The zero-order valence-electron chi connectivity index (χ0n) is 17.1. The summed E-state index contributed by atoms with van der Waals surface area (Å²) in [5, 5.41) is 5.36. The van der Waals surface area contributed by atoms with Gasteiger partial charge in [0.15, 0.2) is 12.7 Å². The van der Waals surface area contributed by atoms with Gasteiger partial charge in [0, 0.05) is 6.54 Å². The number of amides is 2. The van der Waals surface area contributed by atoms with Crippen molar-refractivity contribution >= 4 is 23.5 Å². The lowest BCUT2D eigenvalue weighted by atomic mass is 10.1. The van der Waals surface area contributed by atoms with E-state index in [4.69, 9.17) is 9.47 Å². The summed E-state index contributed by atoms with van der Waals surface area (Å²) in [4.78, 5) is 36.5. The minimum atomic E-state index is -0.989. The molecule has 0 unspecified atom stereocenters. The Labute approximate surface area is 174 Å². The summed E-state index contributed by atoms with van der Waals surface area (Å²) in [6.07, 6.45) is -0.989. The van der Waals surface area contributed by atoms with Crippen LogP contribution >= 0.6 is 0 Å². The Morgan fingerprint density at radius 3 is 2.33 bits per heavy atom. The van der Waals surface area contributed by atoms with Crippen molar-refractivity contribution in [2.24, 2.45) is 5.92 Å². The lowest BCUT2D eigenvalue weighted by molar-refractivity contribution is -0.153. The number of rotatable bonds is 9. The molecule has 2 N–H and O–H groups in total. The highest BCUT2D eigenvalue weighted by Crippen LogP contribution is 2.16. The third kappa shape index (κ3) is 7.20. The van der Waals surface area contributed by atoms with Crippen molar-refractivity contribution in [1.29, 1.82) is 0 Å². The van der Waals surface area contributed by atoms with Crippen LogP contribution in [0.4, 0.5) is 10.1 Å². The van der Waals surface area contributed by atoms with Crippen LogP contribution < -0.4 is 15.4 Å². The summed E-state index contributed by atoms with van der Waals surface area (Å²) in [7, 11) is 0. The van der Waals surface area contributed by atoms with E-state index in [0.29, 0.717) is 23.5 Å². The average Bonchev–Trinajstić information content (AvgIpc) is 2.72. The average molecular weight is 416 g/mol. The summed E-state index contributed by atoms with van der Waals surface area (Å²) >= 11 is 0. The maximum Gasteiger partial charge on any atom is 0.347 e. The molecule has 0 aromatic heterocycles. The van der Waals surface area contributed by atoms with Crippen molar-refractivity contribution in [3.05, 3.63) is 59.9 Å². The molecular formula is C22H25FN2O5. The van der Waals surface area contributed by atoms with E-state index in [1.165, 1.54) is 31.2 Å². The second-order valence-electron chi connectivity index (χ2n) is 7.02. The molecule has 160 valence electrons. The van der Waals surface area contributed by atoms with Gasteiger partial charge in [0.25, 0.3) is 11.8 Å². The summed E-state index contributed by atoms with van der Waals surface area (Å²) in [5.41, 5.74) is 0.626. The largest absolute Gasteiger partial charge is 0.479 e. The molecule has 8 heteroatoms. The van der Waals surface area contributed by atoms with E-state index in [9.17, 15) is 18.8 Å². The third-order valence-corrected chi connectivity index (χ3v) is 3.92. The molecule has 2 amide bonds. The third-order valence-electron chi connectivity index (χ3n) is 3.92. The Morgan fingerprint density at radius 2 is 1.67 bits per heavy atom. The molecule has 0 aliphatic carbocycles. The van der Waals surface area contributed by atoms with Crippen LogP contribution in [0.25, 0.3) is 0 Å². The lowest BCUT2D eigenvalue weighted by Gasteiger charge is -2.15. The van der Waals surface area contributed by atoms with Gasteiger partial charge in [0.1, 0.15) is 11.6 Å². The van der Waals surface area contributed by atoms with Crippen LogP contribution in [0.3, 0.4) is 0 Å². The van der Waals surface area contributed by atoms with E-state index in [1.807, 2.05) is 13.8 Å². The van der Waals surface area contributed by atoms with Crippen molar-refractivity contribution in [1.82, 2.24) is 5.32 Å². The zero-order valence-corrected chi connectivity index (χ0v) is 17.1. The quantitative estimate of drug-likeness (QED) is 0.613. The van der Waals surface area contributed by atoms with E-state index in [0.717, 1.165) is 0 Å². The highest BCUT2D eigenvalue weighted by Gasteiger charge is 2.19. The van der Waals surface area contributed by atoms with Crippen molar-refractivity contribution < 1.29 is 28.2 Å². The van der Waals surface area contributed by atoms with Crippen molar-refractivity contribution in [3.63, 3.8) is 0 Å². The molecule has 0 saturated heterocycles. The topological polar surface area (TPSA) is 93.7 Å². The summed E-state index contributed by atoms with van der Waals surface area (Å²) in [5.74, 6) is -1.50. The van der Waals surface area contributed by atoms with Crippen LogP contribution in [0.15, 0.2) is 48.5 Å². The molecule has 30 heavy (non-hydrogen) atoms. The Kier molecular flexibility index (Phi) is 8.34. The van der Waals surface area contributed by atoms with Crippen LogP contribution in [-0.4, -0.2) is 37.0 Å². The first-order valence-electron chi connectivity index (χ1n) is 9.52. The number of carbonyl (C=O) groups is 3. The van der Waals surface area contributed by atoms with E-state index >= 15 is 0 Å². The van der Waals surface area contributed by atoms with Gasteiger partial charge in [-0.15, -0.1) is 0 Å². The second kappa shape index (κ2) is 10.9. The van der Waals surface area contributed by atoms with Gasteiger partial charge in [0.2, 0.25) is 0 Å². The Morgan fingerprint density at radius 1 is 1.00 bits per heavy atom. The van der Waals surface area contributed by atoms with Crippen molar-refractivity contribution in [2.75, 3.05) is 18.5 Å². The molecule has 7 nitrogen and oxygen atoms in total. The first kappa shape index (κ1) is 22.9. The number of benzene rings is 2. The number of ether oxygens (including phenoxy) is 2. The highest BCUT2D eigenvalue weighted by atomic mass is 19.1. The van der Waals surface area contributed by atoms with Crippen LogP contribution in [-0.2, 0) is 14.3 Å². The van der Waals surface area contributed by atoms with Crippen LogP contribution in [0, 0.1) is 11.7 Å². The van der Waals surface area contributed by atoms with E-state index in [2.05, 4.69) is 10.6 Å². The predicted octanol–water partition coefficient (Wildman–Crippen LogP) is 3.16. The molecular weight excluding hydrogens is 391 g/mol. The summed E-state index contributed by atoms with van der Waals surface area (Å²) in [6.45, 7) is 5.37. The van der Waals surface area contributed by atoms with Crippen molar-refractivity contribution in [3.8, 4) is 5.75 Å². The molecule has 2 aromatic carbocycles. The minimum Gasteiger partial charge on any atom is -0.479 e. The smallest absolute Gasteiger partial charge is 0.347 e. The Balaban J connectivity index is 1.87. The minimum absolute atomic E-state index is 0.286. The van der Waals surface area contributed by atoms with Gasteiger partial charge < -0.3 is 20.1 Å². The zero-order chi connectivity index (χ0) is 22.1. The van der Waals surface area contributed by atoms with Gasteiger partial charge in [-0.1, -0.05) is 26.0 Å². The standard InChI is InChI=1S/C22H25FN2O5/c1-14(2)12-24-21(27)18-6-4-5-7-19(18)25-20(26)13-29-22(28)15(3)30-17-10-8-16(23)9-11-17/h4-11,14-15H,12-13H2,1-3H3,(H,24,27)(H,25,26)/t15-/m0/s1. The molecule has 0 radical (unpaired) electrons. The molecule has 1 atom stereocenters. The molecule has 0 heterocycles. The summed E-state index contributed by atoms with van der Waals surface area (Å²) < 4.78 is 23.2. The second-order valence-corrected chi connectivity index (χ2v) is 7.02. The fourth-order valence-electron chi connectivity index (χ4n) is 2.39. The van der Waals surface area contributed by atoms with E-state index in [-0.39, 0.29) is 11.8 Å². The normalized spacial score (nSPS) is 11.5. The van der Waals surface area contributed by atoms with Gasteiger partial charge in [-0.2, -0.15) is 0 Å². The molecule has 0 aliphatic rings. The number of halogens is 1. The highest BCUT2D eigenvalue weighted by molar-refractivity contribution is 6.04. The van der Waals surface area contributed by atoms with E-state index < -0.39 is 30.4 Å². The van der Waals surface area contributed by atoms with Gasteiger partial charge in [-0.3, -0.25) is 9.59 Å². The molecule has 2 rings (SSSR count). The lowest BCUT2D eigenvalue weighted by Crippen LogP contribution is -2.31. The number of hydrogen-bond acceptors (Lipinski definition) is 5.